The van der Waals surface area contributed by atoms with Crippen LogP contribution in [0.2, 0.25) is 13.6 Å². The molecule has 2 aromatic rings. The third-order valence-corrected chi connectivity index (χ3v) is 5.09. The van der Waals surface area contributed by atoms with Gasteiger partial charge < -0.3 is 29.5 Å². The predicted octanol–water partition coefficient (Wildman–Crippen LogP) is 0.467. The molecule has 0 aromatic carbocycles. The van der Waals surface area contributed by atoms with E-state index in [1.165, 1.54) is 6.33 Å². The number of ether oxygens (including phenoxy) is 1. The Hall–Kier alpha value is -0.880. The zero-order chi connectivity index (χ0) is 19.9. The Morgan fingerprint density at radius 2 is 2.28 bits per heavy atom. The van der Waals surface area contributed by atoms with Crippen molar-refractivity contribution in [3.05, 3.63) is 16.1 Å². The highest BCUT2D eigenvalue weighted by Gasteiger charge is 2.54. The summed E-state index contributed by atoms with van der Waals surface area (Å²) in [6.45, 7) is 4.81. The first-order valence-electron chi connectivity index (χ1n) is 9.04. The van der Waals surface area contributed by atoms with E-state index >= 15 is 0 Å². The molecular formula is C14H21B2IN4O4. The normalized spacial score (nSPS) is 30.4. The largest absolute Gasteiger partial charge is 0.437 e. The van der Waals surface area contributed by atoms with Crippen LogP contribution in [0.15, 0.2) is 12.5 Å². The standard InChI is InChI=1S/C14H21B2IN4O4/c1-14(22)10(25-16-3)8(5-23-15-2)24-13(14)21-4-7(17)9-11(18)19-6-20-12(9)21/h4,6,8,10,13,15-16,22H,5H2,1-3H3,(H2,18,19,20)/t8-,10-,13?,14?/m1/s1/i15D,16D. The van der Waals surface area contributed by atoms with Crippen molar-refractivity contribution in [2.24, 2.45) is 0 Å². The van der Waals surface area contributed by atoms with Gasteiger partial charge in [-0.1, -0.05) is 13.6 Å². The summed E-state index contributed by atoms with van der Waals surface area (Å²) in [5.41, 5.74) is 5.04. The summed E-state index contributed by atoms with van der Waals surface area (Å²) < 4.78 is 34.9. The third kappa shape index (κ3) is 3.27. The van der Waals surface area contributed by atoms with E-state index in [4.69, 9.17) is 22.5 Å². The van der Waals surface area contributed by atoms with Crippen LogP contribution in [-0.4, -0.2) is 61.6 Å². The Labute approximate surface area is 163 Å². The molecule has 1 aliphatic heterocycles. The molecule has 1 fully saturated rings. The number of anilines is 1. The highest BCUT2D eigenvalue weighted by molar-refractivity contribution is 14.1. The third-order valence-electron chi connectivity index (χ3n) is 4.27. The Kier molecular flexibility index (Phi) is 4.82. The molecule has 0 radical (unpaired) electrons. The van der Waals surface area contributed by atoms with Crippen molar-refractivity contribution in [1.82, 2.24) is 14.5 Å². The van der Waals surface area contributed by atoms with Crippen molar-refractivity contribution >= 4 is 54.3 Å². The minimum Gasteiger partial charge on any atom is -0.437 e. The number of nitrogens with two attached hydrogens (primary N) is 1. The van der Waals surface area contributed by atoms with E-state index in [0.717, 1.165) is 3.57 Å². The van der Waals surface area contributed by atoms with Gasteiger partial charge in [-0.3, -0.25) is 0 Å². The van der Waals surface area contributed by atoms with Crippen molar-refractivity contribution in [3.63, 3.8) is 0 Å². The first kappa shape index (κ1) is 16.3. The smallest absolute Gasteiger partial charge is 0.272 e. The Morgan fingerprint density at radius 1 is 1.52 bits per heavy atom. The number of rotatable bonds is 6. The summed E-state index contributed by atoms with van der Waals surface area (Å²) in [5.74, 6) is 0.344. The molecule has 2 aromatic heterocycles. The van der Waals surface area contributed by atoms with Crippen molar-refractivity contribution in [2.45, 2.75) is 44.6 Å². The van der Waals surface area contributed by atoms with Gasteiger partial charge in [-0.25, -0.2) is 9.97 Å². The molecule has 1 aliphatic rings. The fourth-order valence-electron chi connectivity index (χ4n) is 3.17. The maximum Gasteiger partial charge on any atom is 0.272 e. The van der Waals surface area contributed by atoms with Gasteiger partial charge in [0.15, 0.2) is 6.23 Å². The van der Waals surface area contributed by atoms with Crippen molar-refractivity contribution in [1.29, 1.82) is 2.67 Å². The van der Waals surface area contributed by atoms with Crippen LogP contribution in [-0.2, 0) is 14.0 Å². The van der Waals surface area contributed by atoms with E-state index in [1.54, 1.807) is 31.3 Å². The van der Waals surface area contributed by atoms with Gasteiger partial charge in [-0.05, 0) is 29.5 Å². The number of hydrogen-bond acceptors (Lipinski definition) is 7. The van der Waals surface area contributed by atoms with Gasteiger partial charge in [0, 0.05) is 12.4 Å². The maximum absolute atomic E-state index is 11.3. The van der Waals surface area contributed by atoms with Crippen molar-refractivity contribution in [2.75, 3.05) is 12.3 Å². The van der Waals surface area contributed by atoms with Gasteiger partial charge in [0.1, 0.15) is 35.6 Å². The molecule has 0 amide bonds. The summed E-state index contributed by atoms with van der Waals surface area (Å²) in [6.07, 6.45) is 0.836. The summed E-state index contributed by atoms with van der Waals surface area (Å²) in [6, 6.07) is 0. The SMILES string of the molecule is [2H]B(C)OC[C@H]1OC(n2cc(I)c3c(N)ncnc32)C(C)(O)[C@@H]1OB([2H])C. The molecule has 0 spiro atoms. The Balaban J connectivity index is 2.01. The lowest BCUT2D eigenvalue weighted by atomic mass is 9.93. The molecule has 0 bridgehead atoms. The fourth-order valence-corrected chi connectivity index (χ4v) is 3.99. The van der Waals surface area contributed by atoms with Gasteiger partial charge in [-0.2, -0.15) is 0 Å². The van der Waals surface area contributed by atoms with Crippen LogP contribution in [0.5, 0.6) is 0 Å². The molecule has 134 valence electrons. The molecule has 3 heterocycles. The quantitative estimate of drug-likeness (QED) is 0.478. The highest BCUT2D eigenvalue weighted by atomic mass is 127. The van der Waals surface area contributed by atoms with E-state index in [9.17, 15) is 5.11 Å². The Bertz CT molecular complexity index is 826. The molecule has 4 atom stereocenters. The number of halogens is 1. The fraction of sp³-hybridized carbons (Fsp3) is 0.571. The van der Waals surface area contributed by atoms with E-state index in [1.807, 2.05) is 0 Å². The van der Waals surface area contributed by atoms with Crippen molar-refractivity contribution in [3.8, 4) is 0 Å². The molecule has 1 saturated heterocycles. The summed E-state index contributed by atoms with van der Waals surface area (Å²) in [4.78, 5) is 8.31. The van der Waals surface area contributed by atoms with Gasteiger partial charge in [0.05, 0.1) is 12.0 Å². The number of aromatic nitrogens is 3. The summed E-state index contributed by atoms with van der Waals surface area (Å²) in [5, 5.41) is 11.9. The molecule has 3 rings (SSSR count). The first-order chi connectivity index (χ1) is 12.6. The second kappa shape index (κ2) is 7.39. The van der Waals surface area contributed by atoms with Gasteiger partial charge >= 0.3 is 0 Å². The van der Waals surface area contributed by atoms with Crippen LogP contribution in [0.4, 0.5) is 5.82 Å². The second-order valence-electron chi connectivity index (χ2n) is 5.96. The van der Waals surface area contributed by atoms with Crippen LogP contribution in [0.25, 0.3) is 11.0 Å². The molecule has 11 heteroatoms. The monoisotopic (exact) mass is 460 g/mol. The molecule has 0 aliphatic carbocycles. The number of nitrogen functional groups attached to an aromatic ring is 1. The van der Waals surface area contributed by atoms with Crippen LogP contribution in [0.1, 0.15) is 13.2 Å². The van der Waals surface area contributed by atoms with E-state index in [-0.39, 0.29) is 6.61 Å². The zero-order valence-electron chi connectivity index (χ0n) is 16.2. The van der Waals surface area contributed by atoms with Crippen LogP contribution in [0, 0.1) is 3.57 Å². The van der Waals surface area contributed by atoms with E-state index in [2.05, 4.69) is 32.6 Å². The molecule has 3 N–H and O–H groups in total. The number of hydrogen-bond donors (Lipinski definition) is 2. The predicted molar refractivity (Wildman–Crippen MR) is 106 cm³/mol. The molecule has 8 nitrogen and oxygen atoms in total. The van der Waals surface area contributed by atoms with Crippen LogP contribution >= 0.6 is 22.6 Å². The van der Waals surface area contributed by atoms with E-state index in [0.29, 0.717) is 16.9 Å². The minimum atomic E-state index is -1.47. The van der Waals surface area contributed by atoms with Crippen molar-refractivity contribution < 1.29 is 19.2 Å². The first-order valence-corrected chi connectivity index (χ1v) is 8.96. The van der Waals surface area contributed by atoms with Gasteiger partial charge in [0.25, 0.3) is 14.9 Å². The number of aliphatic hydroxyl groups is 1. The summed E-state index contributed by atoms with van der Waals surface area (Å²) in [7, 11) is -1.60. The van der Waals surface area contributed by atoms with Crippen LogP contribution < -0.4 is 5.73 Å². The van der Waals surface area contributed by atoms with Gasteiger partial charge in [-0.15, -0.1) is 0 Å². The Morgan fingerprint density at radius 3 is 2.96 bits per heavy atom. The lowest BCUT2D eigenvalue weighted by molar-refractivity contribution is -0.0916. The van der Waals surface area contributed by atoms with Crippen LogP contribution in [0.3, 0.4) is 0 Å². The zero-order valence-corrected chi connectivity index (χ0v) is 16.4. The topological polar surface area (TPSA) is 105 Å². The average molecular weight is 460 g/mol. The number of fused-ring (bicyclic) bond motifs is 1. The lowest BCUT2D eigenvalue weighted by Crippen LogP contribution is -2.46. The van der Waals surface area contributed by atoms with Gasteiger partial charge in [0.2, 0.25) is 0 Å². The summed E-state index contributed by atoms with van der Waals surface area (Å²) >= 11 is 2.13. The molecular weight excluding hydrogens is 437 g/mol. The second-order valence-corrected chi connectivity index (χ2v) is 7.12. The minimum absolute atomic E-state index is 0.0577. The number of nitrogens with zero attached hydrogens (tertiary/aromatic N) is 3. The maximum atomic E-state index is 11.3. The van der Waals surface area contributed by atoms with E-state index < -0.39 is 38.9 Å². The highest BCUT2D eigenvalue weighted by Crippen LogP contribution is 2.42. The average Bonchev–Trinajstić information content (AvgIpc) is 3.01. The molecule has 2 unspecified atom stereocenters. The lowest BCUT2D eigenvalue weighted by Gasteiger charge is -2.30. The molecule has 25 heavy (non-hydrogen) atoms. The molecule has 0 saturated carbocycles.